The number of methoxy groups -OCH3 is 1. The minimum Gasteiger partial charge on any atom is -0.481 e. The van der Waals surface area contributed by atoms with Crippen molar-refractivity contribution in [2.75, 3.05) is 24.8 Å². The summed E-state index contributed by atoms with van der Waals surface area (Å²) in [6.07, 6.45) is 0. The minimum atomic E-state index is 0.154. The molecule has 96 valence electrons. The van der Waals surface area contributed by atoms with E-state index in [9.17, 15) is 0 Å². The van der Waals surface area contributed by atoms with Crippen LogP contribution in [0.3, 0.4) is 0 Å². The summed E-state index contributed by atoms with van der Waals surface area (Å²) >= 11 is 0. The molecule has 0 amide bonds. The maximum atomic E-state index is 5.65. The number of anilines is 2. The standard InChI is InChI=1S/C12H22N4O/c1-8(12(2,3)4)16(5)9-7-10(17-6)15-11(13)14-9/h7-8H,1-6H3,(H2,13,14,15). The first-order valence-corrected chi connectivity index (χ1v) is 5.67. The molecular weight excluding hydrogens is 216 g/mol. The first-order valence-electron chi connectivity index (χ1n) is 5.67. The van der Waals surface area contributed by atoms with Gasteiger partial charge < -0.3 is 15.4 Å². The van der Waals surface area contributed by atoms with E-state index in [0.717, 1.165) is 5.82 Å². The maximum absolute atomic E-state index is 5.65. The largest absolute Gasteiger partial charge is 0.481 e. The first-order chi connectivity index (χ1) is 7.75. The summed E-state index contributed by atoms with van der Waals surface area (Å²) in [5.74, 6) is 1.49. The molecule has 5 heteroatoms. The molecule has 0 aromatic carbocycles. The van der Waals surface area contributed by atoms with Crippen LogP contribution >= 0.6 is 0 Å². The highest BCUT2D eigenvalue weighted by Crippen LogP contribution is 2.27. The predicted octanol–water partition coefficient (Wildman–Crippen LogP) is 1.94. The lowest BCUT2D eigenvalue weighted by molar-refractivity contribution is 0.328. The molecule has 1 rings (SSSR count). The van der Waals surface area contributed by atoms with Crippen molar-refractivity contribution in [3.05, 3.63) is 6.07 Å². The van der Waals surface area contributed by atoms with Crippen molar-refractivity contribution in [3.8, 4) is 5.88 Å². The molecule has 1 unspecified atom stereocenters. The minimum absolute atomic E-state index is 0.154. The van der Waals surface area contributed by atoms with Crippen molar-refractivity contribution < 1.29 is 4.74 Å². The van der Waals surface area contributed by atoms with Crippen LogP contribution in [-0.4, -0.2) is 30.2 Å². The third-order valence-electron chi connectivity index (χ3n) is 3.11. The Kier molecular flexibility index (Phi) is 3.80. The van der Waals surface area contributed by atoms with Gasteiger partial charge in [-0.25, -0.2) is 0 Å². The normalized spacial score (nSPS) is 13.3. The highest BCUT2D eigenvalue weighted by Gasteiger charge is 2.25. The Morgan fingerprint density at radius 2 is 1.94 bits per heavy atom. The number of hydrogen-bond donors (Lipinski definition) is 1. The van der Waals surface area contributed by atoms with Crippen molar-refractivity contribution in [1.82, 2.24) is 9.97 Å². The van der Waals surface area contributed by atoms with Crippen LogP contribution in [0.15, 0.2) is 6.07 Å². The Hall–Kier alpha value is -1.52. The number of nitrogen functional groups attached to an aromatic ring is 1. The van der Waals surface area contributed by atoms with Gasteiger partial charge in [-0.2, -0.15) is 9.97 Å². The molecule has 5 nitrogen and oxygen atoms in total. The van der Waals surface area contributed by atoms with Gasteiger partial charge in [0, 0.05) is 19.2 Å². The van der Waals surface area contributed by atoms with E-state index in [1.807, 2.05) is 7.05 Å². The number of aromatic nitrogens is 2. The van der Waals surface area contributed by atoms with Crippen LogP contribution in [0.1, 0.15) is 27.7 Å². The van der Waals surface area contributed by atoms with Gasteiger partial charge in [0.15, 0.2) is 0 Å². The topological polar surface area (TPSA) is 64.3 Å². The van der Waals surface area contributed by atoms with Crippen LogP contribution < -0.4 is 15.4 Å². The zero-order valence-corrected chi connectivity index (χ0v) is 11.5. The molecule has 1 atom stereocenters. The van der Waals surface area contributed by atoms with Crippen molar-refractivity contribution in [2.45, 2.75) is 33.7 Å². The van der Waals surface area contributed by atoms with Gasteiger partial charge in [0.2, 0.25) is 11.8 Å². The van der Waals surface area contributed by atoms with E-state index in [1.165, 1.54) is 0 Å². The zero-order valence-electron chi connectivity index (χ0n) is 11.5. The van der Waals surface area contributed by atoms with E-state index in [4.69, 9.17) is 10.5 Å². The molecule has 0 fully saturated rings. The van der Waals surface area contributed by atoms with Gasteiger partial charge in [-0.1, -0.05) is 20.8 Å². The van der Waals surface area contributed by atoms with Crippen molar-refractivity contribution in [3.63, 3.8) is 0 Å². The lowest BCUT2D eigenvalue weighted by Crippen LogP contribution is -2.39. The molecule has 0 bridgehead atoms. The van der Waals surface area contributed by atoms with Crippen LogP contribution in [0.5, 0.6) is 5.88 Å². The van der Waals surface area contributed by atoms with Gasteiger partial charge in [-0.05, 0) is 12.3 Å². The second kappa shape index (κ2) is 4.77. The van der Waals surface area contributed by atoms with Crippen LogP contribution in [0, 0.1) is 5.41 Å². The number of ether oxygens (including phenoxy) is 1. The molecule has 1 aromatic rings. The maximum Gasteiger partial charge on any atom is 0.225 e. The van der Waals surface area contributed by atoms with Gasteiger partial charge in [-0.15, -0.1) is 0 Å². The zero-order chi connectivity index (χ0) is 13.2. The second-order valence-corrected chi connectivity index (χ2v) is 5.28. The molecule has 1 heterocycles. The van der Waals surface area contributed by atoms with Crippen LogP contribution in [-0.2, 0) is 0 Å². The summed E-state index contributed by atoms with van der Waals surface area (Å²) in [5, 5.41) is 0. The summed E-state index contributed by atoms with van der Waals surface area (Å²) in [6.45, 7) is 8.73. The molecule has 0 radical (unpaired) electrons. The van der Waals surface area contributed by atoms with Gasteiger partial charge in [-0.3, -0.25) is 0 Å². The lowest BCUT2D eigenvalue weighted by atomic mass is 9.87. The van der Waals surface area contributed by atoms with Crippen LogP contribution in [0.4, 0.5) is 11.8 Å². The molecule has 0 spiro atoms. The van der Waals surface area contributed by atoms with E-state index >= 15 is 0 Å². The number of hydrogen-bond acceptors (Lipinski definition) is 5. The molecular formula is C12H22N4O. The van der Waals surface area contributed by atoms with E-state index < -0.39 is 0 Å². The molecule has 0 aliphatic rings. The molecule has 17 heavy (non-hydrogen) atoms. The molecule has 0 aliphatic carbocycles. The van der Waals surface area contributed by atoms with Crippen molar-refractivity contribution in [2.24, 2.45) is 5.41 Å². The second-order valence-electron chi connectivity index (χ2n) is 5.28. The highest BCUT2D eigenvalue weighted by atomic mass is 16.5. The average Bonchev–Trinajstić information content (AvgIpc) is 2.24. The number of rotatable bonds is 3. The van der Waals surface area contributed by atoms with E-state index in [1.54, 1.807) is 13.2 Å². The predicted molar refractivity (Wildman–Crippen MR) is 70.3 cm³/mol. The summed E-state index contributed by atoms with van der Waals surface area (Å²) in [4.78, 5) is 10.3. The Morgan fingerprint density at radius 3 is 2.41 bits per heavy atom. The Balaban J connectivity index is 3.03. The molecule has 0 saturated heterocycles. The summed E-state index contributed by atoms with van der Waals surface area (Å²) in [6, 6.07) is 2.11. The third-order valence-corrected chi connectivity index (χ3v) is 3.11. The summed E-state index contributed by atoms with van der Waals surface area (Å²) in [5.41, 5.74) is 5.81. The van der Waals surface area contributed by atoms with Gasteiger partial charge in [0.05, 0.1) is 7.11 Å². The van der Waals surface area contributed by atoms with Crippen LogP contribution in [0.2, 0.25) is 0 Å². The van der Waals surface area contributed by atoms with E-state index in [2.05, 4.69) is 42.6 Å². The molecule has 1 aromatic heterocycles. The fourth-order valence-electron chi connectivity index (χ4n) is 1.49. The van der Waals surface area contributed by atoms with Gasteiger partial charge in [0.1, 0.15) is 5.82 Å². The number of nitrogens with zero attached hydrogens (tertiary/aromatic N) is 3. The average molecular weight is 238 g/mol. The Labute approximate surface area is 103 Å². The van der Waals surface area contributed by atoms with Gasteiger partial charge >= 0.3 is 0 Å². The SMILES string of the molecule is COc1cc(N(C)C(C)C(C)(C)C)nc(N)n1. The van der Waals surface area contributed by atoms with Crippen molar-refractivity contribution in [1.29, 1.82) is 0 Å². The Bertz CT molecular complexity index is 387. The van der Waals surface area contributed by atoms with Gasteiger partial charge in [0.25, 0.3) is 0 Å². The summed E-state index contributed by atoms with van der Waals surface area (Å²) in [7, 11) is 3.57. The molecule has 0 aliphatic heterocycles. The highest BCUT2D eigenvalue weighted by molar-refractivity contribution is 5.45. The van der Waals surface area contributed by atoms with E-state index in [0.29, 0.717) is 11.9 Å². The fourth-order valence-corrected chi connectivity index (χ4v) is 1.49. The van der Waals surface area contributed by atoms with E-state index in [-0.39, 0.29) is 11.4 Å². The quantitative estimate of drug-likeness (QED) is 0.871. The Morgan fingerprint density at radius 1 is 1.35 bits per heavy atom. The first kappa shape index (κ1) is 13.5. The molecule has 2 N–H and O–H groups in total. The molecule has 0 saturated carbocycles. The third kappa shape index (κ3) is 3.22. The van der Waals surface area contributed by atoms with Crippen molar-refractivity contribution >= 4 is 11.8 Å². The monoisotopic (exact) mass is 238 g/mol. The van der Waals surface area contributed by atoms with Crippen LogP contribution in [0.25, 0.3) is 0 Å². The smallest absolute Gasteiger partial charge is 0.225 e. The number of nitrogens with two attached hydrogens (primary N) is 1. The fraction of sp³-hybridized carbons (Fsp3) is 0.667. The lowest BCUT2D eigenvalue weighted by Gasteiger charge is -2.36. The summed E-state index contributed by atoms with van der Waals surface area (Å²) < 4.78 is 5.09.